The Bertz CT molecular complexity index is 646. The van der Waals surface area contributed by atoms with Gasteiger partial charge in [-0.15, -0.1) is 11.3 Å². The van der Waals surface area contributed by atoms with E-state index in [1.807, 2.05) is 12.1 Å². The maximum absolute atomic E-state index is 9.37. The van der Waals surface area contributed by atoms with Crippen molar-refractivity contribution in [2.24, 2.45) is 4.99 Å². The molecule has 0 aliphatic carbocycles. The molecular weight excluding hydrogens is 320 g/mol. The Balaban J connectivity index is 1.61. The van der Waals surface area contributed by atoms with Crippen LogP contribution in [0.3, 0.4) is 0 Å². The third-order valence-corrected chi connectivity index (χ3v) is 5.01. The van der Waals surface area contributed by atoms with Crippen LogP contribution in [-0.4, -0.2) is 48.7 Å². The molecule has 1 aliphatic rings. The molecule has 0 bridgehead atoms. The van der Waals surface area contributed by atoms with E-state index in [4.69, 9.17) is 4.99 Å². The molecule has 2 N–H and O–H groups in total. The summed E-state index contributed by atoms with van der Waals surface area (Å²) in [5.41, 5.74) is 1.10. The fourth-order valence-corrected chi connectivity index (χ4v) is 3.57. The lowest BCUT2D eigenvalue weighted by Crippen LogP contribution is -2.52. The lowest BCUT2D eigenvalue weighted by Gasteiger charge is -2.37. The molecule has 1 aromatic carbocycles. The van der Waals surface area contributed by atoms with Crippen molar-refractivity contribution in [3.8, 4) is 5.75 Å². The molecule has 3 rings (SSSR count). The second-order valence-corrected chi connectivity index (χ2v) is 6.69. The van der Waals surface area contributed by atoms with Crippen molar-refractivity contribution in [1.82, 2.24) is 10.2 Å². The minimum absolute atomic E-state index is 0.291. The molecule has 24 heavy (non-hydrogen) atoms. The van der Waals surface area contributed by atoms with Gasteiger partial charge in [-0.1, -0.05) is 12.1 Å². The van der Waals surface area contributed by atoms with Gasteiger partial charge in [-0.3, -0.25) is 0 Å². The number of piperazine rings is 1. The van der Waals surface area contributed by atoms with Crippen molar-refractivity contribution < 1.29 is 5.11 Å². The van der Waals surface area contributed by atoms with Crippen LogP contribution >= 0.6 is 11.3 Å². The number of guanidine groups is 1. The summed E-state index contributed by atoms with van der Waals surface area (Å²) in [4.78, 5) is 9.52. The Morgan fingerprint density at radius 2 is 1.92 bits per heavy atom. The van der Waals surface area contributed by atoms with Crippen molar-refractivity contribution >= 4 is 22.3 Å². The molecule has 1 fully saturated rings. The zero-order valence-electron chi connectivity index (χ0n) is 14.0. The van der Waals surface area contributed by atoms with E-state index in [0.717, 1.165) is 44.2 Å². The standard InChI is InChI=1S/C18H24N4OS/c1-2-19-18(20-14-15-5-7-16(23)8-6-15)22-11-9-21(10-12-22)17-4-3-13-24-17/h3-8,13,23H,2,9-12,14H2,1H3,(H,19,20). The molecule has 0 atom stereocenters. The van der Waals surface area contributed by atoms with Crippen LogP contribution in [0.4, 0.5) is 5.00 Å². The topological polar surface area (TPSA) is 51.1 Å². The average molecular weight is 344 g/mol. The predicted molar refractivity (Wildman–Crippen MR) is 101 cm³/mol. The predicted octanol–water partition coefficient (Wildman–Crippen LogP) is 2.74. The number of anilines is 1. The summed E-state index contributed by atoms with van der Waals surface area (Å²) in [7, 11) is 0. The Hall–Kier alpha value is -2.21. The van der Waals surface area contributed by atoms with E-state index < -0.39 is 0 Å². The minimum Gasteiger partial charge on any atom is -0.508 e. The number of nitrogens with one attached hydrogen (secondary N) is 1. The number of hydrogen-bond donors (Lipinski definition) is 2. The van der Waals surface area contributed by atoms with Crippen LogP contribution in [0.2, 0.25) is 0 Å². The molecule has 0 spiro atoms. The molecule has 1 aromatic heterocycles. The first-order valence-corrected chi connectivity index (χ1v) is 9.24. The van der Waals surface area contributed by atoms with Gasteiger partial charge in [-0.25, -0.2) is 4.99 Å². The van der Waals surface area contributed by atoms with Crippen LogP contribution in [0.1, 0.15) is 12.5 Å². The molecule has 0 amide bonds. The smallest absolute Gasteiger partial charge is 0.194 e. The molecule has 0 radical (unpaired) electrons. The zero-order valence-corrected chi connectivity index (χ0v) is 14.8. The van der Waals surface area contributed by atoms with Crippen molar-refractivity contribution in [1.29, 1.82) is 0 Å². The van der Waals surface area contributed by atoms with Crippen molar-refractivity contribution in [2.45, 2.75) is 13.5 Å². The summed E-state index contributed by atoms with van der Waals surface area (Å²) < 4.78 is 0. The van der Waals surface area contributed by atoms with E-state index in [9.17, 15) is 5.11 Å². The number of nitrogens with zero attached hydrogens (tertiary/aromatic N) is 3. The van der Waals surface area contributed by atoms with E-state index in [2.05, 4.69) is 39.6 Å². The Morgan fingerprint density at radius 1 is 1.17 bits per heavy atom. The maximum atomic E-state index is 9.37. The summed E-state index contributed by atoms with van der Waals surface area (Å²) in [6.07, 6.45) is 0. The summed E-state index contributed by atoms with van der Waals surface area (Å²) >= 11 is 1.80. The van der Waals surface area contributed by atoms with Crippen LogP contribution in [0.5, 0.6) is 5.75 Å². The highest BCUT2D eigenvalue weighted by Crippen LogP contribution is 2.22. The third kappa shape index (κ3) is 4.20. The number of thiophene rings is 1. The highest BCUT2D eigenvalue weighted by Gasteiger charge is 2.20. The highest BCUT2D eigenvalue weighted by atomic mass is 32.1. The van der Waals surface area contributed by atoms with E-state index >= 15 is 0 Å². The van der Waals surface area contributed by atoms with Crippen LogP contribution in [0.15, 0.2) is 46.8 Å². The number of rotatable bonds is 4. The SMILES string of the molecule is CCNC(=NCc1ccc(O)cc1)N1CCN(c2cccs2)CC1. The quantitative estimate of drug-likeness (QED) is 0.661. The second-order valence-electron chi connectivity index (χ2n) is 5.76. The van der Waals surface area contributed by atoms with Gasteiger partial charge in [0.05, 0.1) is 11.5 Å². The Kier molecular flexibility index (Phi) is 5.59. The molecule has 6 heteroatoms. The van der Waals surface area contributed by atoms with Gasteiger partial charge in [0.25, 0.3) is 0 Å². The van der Waals surface area contributed by atoms with Gasteiger partial charge in [-0.2, -0.15) is 0 Å². The van der Waals surface area contributed by atoms with Gasteiger partial charge in [-0.05, 0) is 42.1 Å². The largest absolute Gasteiger partial charge is 0.508 e. The summed E-state index contributed by atoms with van der Waals surface area (Å²) in [5, 5.41) is 16.2. The molecule has 2 aromatic rings. The Morgan fingerprint density at radius 3 is 2.54 bits per heavy atom. The first-order valence-electron chi connectivity index (χ1n) is 8.36. The number of aromatic hydroxyl groups is 1. The van der Waals surface area contributed by atoms with Crippen LogP contribution < -0.4 is 10.2 Å². The van der Waals surface area contributed by atoms with E-state index in [1.165, 1.54) is 5.00 Å². The number of aliphatic imine (C=N–C) groups is 1. The van der Waals surface area contributed by atoms with E-state index in [-0.39, 0.29) is 0 Å². The summed E-state index contributed by atoms with van der Waals surface area (Å²) in [5.74, 6) is 1.26. The number of phenols is 1. The van der Waals surface area contributed by atoms with Crippen molar-refractivity contribution in [3.05, 3.63) is 47.3 Å². The molecule has 0 unspecified atom stereocenters. The molecule has 0 saturated carbocycles. The third-order valence-electron chi connectivity index (χ3n) is 4.08. The maximum Gasteiger partial charge on any atom is 0.194 e. The zero-order chi connectivity index (χ0) is 16.8. The fourth-order valence-electron chi connectivity index (χ4n) is 2.78. The molecule has 128 valence electrons. The van der Waals surface area contributed by atoms with Crippen molar-refractivity contribution in [3.63, 3.8) is 0 Å². The minimum atomic E-state index is 0.291. The van der Waals surface area contributed by atoms with Crippen molar-refractivity contribution in [2.75, 3.05) is 37.6 Å². The lowest BCUT2D eigenvalue weighted by atomic mass is 10.2. The van der Waals surface area contributed by atoms with Gasteiger partial charge < -0.3 is 20.2 Å². The average Bonchev–Trinajstić information content (AvgIpc) is 3.15. The normalized spacial score (nSPS) is 15.6. The molecule has 2 heterocycles. The number of phenolic OH excluding ortho intramolecular Hbond substituents is 1. The van der Waals surface area contributed by atoms with Gasteiger partial charge in [0, 0.05) is 32.7 Å². The first kappa shape index (κ1) is 16.6. The Labute approximate surface area is 147 Å². The molecular formula is C18H24N4OS. The fraction of sp³-hybridized carbons (Fsp3) is 0.389. The van der Waals surface area contributed by atoms with Crippen LogP contribution in [0.25, 0.3) is 0 Å². The number of hydrogen-bond acceptors (Lipinski definition) is 4. The molecule has 1 aliphatic heterocycles. The first-order chi connectivity index (χ1) is 11.8. The highest BCUT2D eigenvalue weighted by molar-refractivity contribution is 7.14. The van der Waals surface area contributed by atoms with E-state index in [0.29, 0.717) is 12.3 Å². The van der Waals surface area contributed by atoms with Crippen LogP contribution in [0, 0.1) is 0 Å². The van der Waals surface area contributed by atoms with Crippen LogP contribution in [-0.2, 0) is 6.54 Å². The number of benzene rings is 1. The molecule has 1 saturated heterocycles. The summed E-state index contributed by atoms with van der Waals surface area (Å²) in [6.45, 7) is 7.55. The van der Waals surface area contributed by atoms with Gasteiger partial charge in [0.15, 0.2) is 5.96 Å². The van der Waals surface area contributed by atoms with Gasteiger partial charge >= 0.3 is 0 Å². The monoisotopic (exact) mass is 344 g/mol. The molecule has 5 nitrogen and oxygen atoms in total. The van der Waals surface area contributed by atoms with Gasteiger partial charge in [0.2, 0.25) is 0 Å². The van der Waals surface area contributed by atoms with E-state index in [1.54, 1.807) is 23.5 Å². The summed E-state index contributed by atoms with van der Waals surface area (Å²) in [6, 6.07) is 11.5. The second kappa shape index (κ2) is 8.06. The lowest BCUT2D eigenvalue weighted by molar-refractivity contribution is 0.373. The van der Waals surface area contributed by atoms with Gasteiger partial charge in [0.1, 0.15) is 5.75 Å².